The summed E-state index contributed by atoms with van der Waals surface area (Å²) < 4.78 is 59.4. The van der Waals surface area contributed by atoms with Crippen LogP contribution < -0.4 is 21.9 Å². The predicted molar refractivity (Wildman–Crippen MR) is 456 cm³/mol. The number of hydrogen-bond donors (Lipinski definition) is 13. The number of anilines is 2. The molecule has 0 spiro atoms. The number of H-pyrrole nitrogens is 3. The number of halogens is 1. The van der Waals surface area contributed by atoms with Crippen LogP contribution in [0.3, 0.4) is 0 Å². The molecule has 6 aromatic heterocycles. The highest BCUT2D eigenvalue weighted by atomic mass is 35.5. The van der Waals surface area contributed by atoms with E-state index in [0.29, 0.717) is 89.3 Å². The summed E-state index contributed by atoms with van der Waals surface area (Å²) in [6.45, 7) is 7.24. The van der Waals surface area contributed by atoms with E-state index in [1.807, 2.05) is 26.0 Å². The predicted octanol–water partition coefficient (Wildman–Crippen LogP) is 15.1. The lowest BCUT2D eigenvalue weighted by Gasteiger charge is -2.19. The number of nitrogens with zero attached hydrogens (tertiary/aromatic N) is 3. The monoisotopic (exact) mass is 1720 g/mol. The van der Waals surface area contributed by atoms with Crippen LogP contribution in [0.15, 0.2) is 246 Å². The first kappa shape index (κ1) is 86.7. The fraction of sp³-hybridized carbons (Fsp3) is 0.101. The number of nitrogens with one attached hydrogen (secondary N) is 4. The van der Waals surface area contributed by atoms with E-state index in [4.69, 9.17) is 31.3 Å². The van der Waals surface area contributed by atoms with Crippen LogP contribution in [0.2, 0.25) is 5.02 Å². The number of carboxylic acid groups (broad SMARTS) is 4. The molecule has 10 aromatic carbocycles. The Labute approximate surface area is 700 Å². The number of fused-ring (bicyclic) bond motifs is 8. The maximum atomic E-state index is 12.8. The third-order valence-corrected chi connectivity index (χ3v) is 22.9. The summed E-state index contributed by atoms with van der Waals surface area (Å²) in [5, 5.41) is 90.8. The maximum Gasteiger partial charge on any atom is 0.339 e. The molecule has 0 bridgehead atoms. The molecule has 16 aromatic rings. The molecule has 0 saturated carbocycles. The highest BCUT2D eigenvalue weighted by molar-refractivity contribution is 7.92. The number of hydrogen-bond acceptors (Lipinski definition) is 24. The van der Waals surface area contributed by atoms with E-state index in [0.717, 1.165) is 28.8 Å². The van der Waals surface area contributed by atoms with E-state index in [2.05, 4.69) is 35.5 Å². The Hall–Kier alpha value is -15.6. The van der Waals surface area contributed by atoms with Crippen molar-refractivity contribution < 1.29 is 100 Å². The molecule has 0 fully saturated rings. The Bertz CT molecular complexity index is 7250. The smallest absolute Gasteiger partial charge is 0.339 e. The number of ketones is 3. The Morgan fingerprint density at radius 3 is 1.80 bits per heavy atom. The number of aromatic carboxylic acids is 4. The van der Waals surface area contributed by atoms with Gasteiger partial charge in [-0.15, -0.1) is 0 Å². The summed E-state index contributed by atoms with van der Waals surface area (Å²) in [6.07, 6.45) is 5.80. The second-order valence-corrected chi connectivity index (χ2v) is 32.4. The first-order valence-corrected chi connectivity index (χ1v) is 40.6. The van der Waals surface area contributed by atoms with Gasteiger partial charge in [0.15, 0.2) is 44.2 Å². The molecule has 34 heteroatoms. The van der Waals surface area contributed by atoms with Gasteiger partial charge in [0, 0.05) is 94.0 Å². The maximum absolute atomic E-state index is 12.8. The Morgan fingerprint density at radius 2 is 1.21 bits per heavy atom. The number of aromatic nitrogens is 6. The van der Waals surface area contributed by atoms with Gasteiger partial charge in [0.2, 0.25) is 21.0 Å². The molecule has 7 heterocycles. The average Bonchev–Trinajstić information content (AvgIpc) is 0.885. The molecule has 624 valence electrons. The number of carbonyl (C=O) groups excluding carboxylic acids is 3. The van der Waals surface area contributed by atoms with E-state index < -0.39 is 55.1 Å². The zero-order valence-electron chi connectivity index (χ0n) is 65.2. The number of aromatic amines is 3. The number of carbonyl (C=O) groups is 7. The Kier molecular flexibility index (Phi) is 25.3. The third kappa shape index (κ3) is 18.8. The Morgan fingerprint density at radius 1 is 0.610 bits per heavy atom. The number of furan rings is 1. The number of rotatable bonds is 15. The van der Waals surface area contributed by atoms with Gasteiger partial charge in [-0.1, -0.05) is 110 Å². The van der Waals surface area contributed by atoms with Gasteiger partial charge in [-0.25, -0.2) is 41.0 Å². The molecule has 0 unspecified atom stereocenters. The summed E-state index contributed by atoms with van der Waals surface area (Å²) in [5.41, 5.74) is 10.1. The summed E-state index contributed by atoms with van der Waals surface area (Å²) in [4.78, 5) is 118. The van der Waals surface area contributed by atoms with Crippen molar-refractivity contribution >= 4 is 149 Å². The van der Waals surface area contributed by atoms with Crippen LogP contribution in [-0.2, 0) is 43.9 Å². The molecule has 17 rings (SSSR count). The highest BCUT2D eigenvalue weighted by Crippen LogP contribution is 2.41. The van der Waals surface area contributed by atoms with Crippen molar-refractivity contribution in [1.29, 1.82) is 0 Å². The zero-order valence-corrected chi connectivity index (χ0v) is 67.6. The second kappa shape index (κ2) is 35.9. The molecule has 0 aliphatic carbocycles. The number of carboxylic acids is 4. The first-order valence-electron chi connectivity index (χ1n) is 36.8. The number of aromatic hydroxyl groups is 4. The fourth-order valence-corrected chi connectivity index (χ4v) is 16.4. The van der Waals surface area contributed by atoms with Gasteiger partial charge in [0.05, 0.1) is 60.2 Å². The van der Waals surface area contributed by atoms with E-state index in [1.165, 1.54) is 93.2 Å². The summed E-state index contributed by atoms with van der Waals surface area (Å²) >= 11 is 5.92. The van der Waals surface area contributed by atoms with Gasteiger partial charge in [-0.2, -0.15) is 10.1 Å². The number of nitrogens with two attached hydrogens (primary N) is 1. The fourth-order valence-electron chi connectivity index (χ4n) is 13.4. The van der Waals surface area contributed by atoms with Gasteiger partial charge in [-0.05, 0) is 143 Å². The lowest BCUT2D eigenvalue weighted by Crippen LogP contribution is -2.20. The SMILES string of the molecule is CC(=O)Cc1c[nH]c2cc(O)c(O)cc12.CC(=O)c1cc(=O)c2ccccc2[nH]1.CC(C)c1ccc2oc3nc(N)c(C(=O)O)cc3c(=O)c2c1.CS(=O)(=O)c1cc(C(=O)O)c(NCc2ccco2)cc1Cl.O=C(O)c1cc2ccccc2c(Cc2c(O)c(C(=O)O)cc3ccccc23)c1O.O=C1c2ccccc2S(=O)(=O)c2cc(-c3ncn[nH]3)ccc21. The number of Topliss-reactive ketones (excluding diaryl/α,β-unsaturated/α-hetero) is 2. The minimum absolute atomic E-state index is 0.00472. The second-order valence-electron chi connectivity index (χ2n) is 28.1. The van der Waals surface area contributed by atoms with E-state index in [1.54, 1.807) is 115 Å². The molecular formula is C89H71ClN8O23S2. The van der Waals surface area contributed by atoms with Crippen molar-refractivity contribution in [1.82, 2.24) is 30.1 Å². The molecule has 0 saturated heterocycles. The lowest BCUT2D eigenvalue weighted by molar-refractivity contribution is -0.116. The quantitative estimate of drug-likeness (QED) is 0.0257. The average molecular weight is 1720 g/mol. The number of benzene rings is 10. The van der Waals surface area contributed by atoms with Crippen molar-refractivity contribution in [3.63, 3.8) is 0 Å². The molecule has 14 N–H and O–H groups in total. The van der Waals surface area contributed by atoms with Crippen molar-refractivity contribution in [3.05, 3.63) is 305 Å². The number of pyridine rings is 2. The summed E-state index contributed by atoms with van der Waals surface area (Å²) in [5.74, 6) is -5.40. The van der Waals surface area contributed by atoms with Gasteiger partial charge in [-0.3, -0.25) is 29.1 Å². The molecule has 0 radical (unpaired) electrons. The molecular weight excluding hydrogens is 1650 g/mol. The van der Waals surface area contributed by atoms with Crippen molar-refractivity contribution in [2.45, 2.75) is 67.7 Å². The van der Waals surface area contributed by atoms with E-state index in [9.17, 15) is 95.7 Å². The van der Waals surface area contributed by atoms with Crippen molar-refractivity contribution in [3.8, 4) is 34.4 Å². The minimum Gasteiger partial charge on any atom is -0.507 e. The molecule has 31 nitrogen and oxygen atoms in total. The minimum atomic E-state index is -3.73. The highest BCUT2D eigenvalue weighted by Gasteiger charge is 2.35. The van der Waals surface area contributed by atoms with Gasteiger partial charge >= 0.3 is 23.9 Å². The van der Waals surface area contributed by atoms with Crippen molar-refractivity contribution in [2.75, 3.05) is 17.3 Å². The largest absolute Gasteiger partial charge is 0.507 e. The third-order valence-electron chi connectivity index (χ3n) is 19.5. The van der Waals surface area contributed by atoms with Crippen molar-refractivity contribution in [2.24, 2.45) is 0 Å². The van der Waals surface area contributed by atoms with E-state index >= 15 is 0 Å². The number of nitrogen functional groups attached to an aromatic ring is 1. The van der Waals surface area contributed by atoms with Crippen LogP contribution in [0.1, 0.15) is 129 Å². The van der Waals surface area contributed by atoms with Crippen LogP contribution in [0.4, 0.5) is 11.5 Å². The standard InChI is InChI=1S/C23H16O6.C16H14N2O4.C15H9N3O3S.C13H12ClNO5S.C11H11NO3.C11H9NO2/c24-20-16(14-7-3-1-5-12(14)9-18(20)22(26)27)11-17-15-8-4-2-6-13(15)10-19(21(17)25)23(28)29;1-7(2)8-3-4-12-9(5-8)13(19)10-6-11(16(20)21)14(17)18-15(10)22-12;19-14-10-3-1-2-4-12(10)22(20,21)13-7-9(5-6-11(13)14)15-16-8-17-18-15;1-21(18,19)12-5-9(13(16)17)11(6-10(12)14)15-7-8-3-2-4-20-8;1-6(13)2-7-5-12-9-4-11(15)10(14)3-8(7)9;1-7(13)10-6-11(14)8-4-2-3-5-9(8)12-10/h1-10,24-25H,11H2,(H,26,27)(H,28,29);3-7H,1-2H3,(H2,17,18)(H,20,21);1-8H,(H,16,17,18);2-6,15H,7H2,1H3,(H,16,17);3-5,12,14-15H,2H2,1H3;2-6H,1H3,(H,12,14). The molecule has 123 heavy (non-hydrogen) atoms. The molecule has 1 aliphatic heterocycles. The lowest BCUT2D eigenvalue weighted by atomic mass is 9.90. The normalized spacial score (nSPS) is 11.8. The number of phenolic OH excluding ortho intramolecular Hbond substituents is 2. The number of phenols is 4. The Balaban J connectivity index is 0.000000137. The van der Waals surface area contributed by atoms with Crippen LogP contribution >= 0.6 is 11.6 Å². The topological polar surface area (TPSA) is 534 Å². The summed E-state index contributed by atoms with van der Waals surface area (Å²) in [6, 6.07) is 51.3. The van der Waals surface area contributed by atoms with Gasteiger partial charge < -0.3 is 70.7 Å². The summed E-state index contributed by atoms with van der Waals surface area (Å²) in [7, 11) is -7.34. The number of para-hydroxylation sites is 1. The molecule has 0 atom stereocenters. The molecule has 1 aliphatic rings. The van der Waals surface area contributed by atoms with Crippen LogP contribution in [0.5, 0.6) is 23.0 Å². The van der Waals surface area contributed by atoms with Crippen LogP contribution in [-0.4, -0.2) is 135 Å². The van der Waals surface area contributed by atoms with Crippen LogP contribution in [0, 0.1) is 0 Å². The van der Waals surface area contributed by atoms with E-state index in [-0.39, 0.29) is 134 Å². The first-order chi connectivity index (χ1) is 58.4. The van der Waals surface area contributed by atoms with Gasteiger partial charge in [0.1, 0.15) is 57.5 Å². The molecule has 0 amide bonds. The van der Waals surface area contributed by atoms with Crippen LogP contribution in [0.25, 0.3) is 76.8 Å². The van der Waals surface area contributed by atoms with Gasteiger partial charge in [0.25, 0.3) is 0 Å². The number of sulfone groups is 2. The zero-order chi connectivity index (χ0) is 88.8.